The Balaban J connectivity index is 1.64. The monoisotopic (exact) mass is 295 g/mol. The highest BCUT2D eigenvalue weighted by Crippen LogP contribution is 2.42. The average Bonchev–Trinajstić information content (AvgIpc) is 2.50. The molecule has 0 aromatic heterocycles. The molecule has 3 fully saturated rings. The molecule has 2 heterocycles. The van der Waals surface area contributed by atoms with Crippen molar-refractivity contribution in [2.24, 2.45) is 11.7 Å². The van der Waals surface area contributed by atoms with Crippen molar-refractivity contribution in [2.45, 2.75) is 62.6 Å². The minimum absolute atomic E-state index is 0.178. The fourth-order valence-electron chi connectivity index (χ4n) is 4.71. The van der Waals surface area contributed by atoms with Gasteiger partial charge in [0.25, 0.3) is 0 Å². The fourth-order valence-corrected chi connectivity index (χ4v) is 4.71. The first kappa shape index (κ1) is 15.7. The zero-order chi connectivity index (χ0) is 14.9. The molecule has 3 unspecified atom stereocenters. The van der Waals surface area contributed by atoms with Crippen molar-refractivity contribution in [3.63, 3.8) is 0 Å². The summed E-state index contributed by atoms with van der Waals surface area (Å²) in [5.41, 5.74) is 6.92. The lowest BCUT2D eigenvalue weighted by atomic mass is 9.73. The number of hydrogen-bond donors (Lipinski definition) is 1. The summed E-state index contributed by atoms with van der Waals surface area (Å²) in [4.78, 5) is 4.91. The van der Waals surface area contributed by atoms with Gasteiger partial charge in [-0.15, -0.1) is 0 Å². The van der Waals surface area contributed by atoms with Crippen LogP contribution in [0.5, 0.6) is 0 Å². The molecule has 2 N–H and O–H groups in total. The molecule has 0 aromatic carbocycles. The van der Waals surface area contributed by atoms with Crippen LogP contribution in [-0.4, -0.2) is 67.8 Å². The molecular formula is C17H33N3O. The van der Waals surface area contributed by atoms with Crippen LogP contribution in [0.4, 0.5) is 0 Å². The SMILES string of the molecule is CN1CCN(C)C(C(N)C2CCOC3(CCCCC3)C2)C1. The van der Waals surface area contributed by atoms with E-state index in [-0.39, 0.29) is 5.60 Å². The van der Waals surface area contributed by atoms with Crippen LogP contribution in [0.3, 0.4) is 0 Å². The van der Waals surface area contributed by atoms with Crippen molar-refractivity contribution in [1.82, 2.24) is 9.80 Å². The predicted octanol–water partition coefficient (Wildman–Crippen LogP) is 1.69. The van der Waals surface area contributed by atoms with Crippen LogP contribution in [0, 0.1) is 5.92 Å². The second-order valence-corrected chi connectivity index (χ2v) is 7.73. The minimum Gasteiger partial charge on any atom is -0.375 e. The topological polar surface area (TPSA) is 41.7 Å². The Kier molecular flexibility index (Phi) is 4.89. The Bertz CT molecular complexity index is 337. The number of nitrogens with zero attached hydrogens (tertiary/aromatic N) is 2. The lowest BCUT2D eigenvalue weighted by Gasteiger charge is -2.48. The Morgan fingerprint density at radius 3 is 2.67 bits per heavy atom. The molecule has 0 radical (unpaired) electrons. The van der Waals surface area contributed by atoms with Gasteiger partial charge in [-0.2, -0.15) is 0 Å². The van der Waals surface area contributed by atoms with Gasteiger partial charge in [-0.3, -0.25) is 4.90 Å². The van der Waals surface area contributed by atoms with Crippen molar-refractivity contribution in [2.75, 3.05) is 40.3 Å². The standard InChI is InChI=1S/C17H33N3O/c1-19-9-10-20(2)15(13-19)16(18)14-6-11-21-17(12-14)7-4-3-5-8-17/h14-16H,3-13,18H2,1-2H3. The predicted molar refractivity (Wildman–Crippen MR) is 86.4 cm³/mol. The van der Waals surface area contributed by atoms with Gasteiger partial charge in [-0.25, -0.2) is 0 Å². The third-order valence-corrected chi connectivity index (χ3v) is 6.18. The third-order valence-electron chi connectivity index (χ3n) is 6.18. The van der Waals surface area contributed by atoms with Crippen LogP contribution in [0.25, 0.3) is 0 Å². The van der Waals surface area contributed by atoms with Crippen molar-refractivity contribution < 1.29 is 4.74 Å². The third kappa shape index (κ3) is 3.44. The second kappa shape index (κ2) is 6.53. The summed E-state index contributed by atoms with van der Waals surface area (Å²) in [5, 5.41) is 0. The Morgan fingerprint density at radius 1 is 1.14 bits per heavy atom. The largest absolute Gasteiger partial charge is 0.375 e. The zero-order valence-corrected chi connectivity index (χ0v) is 13.9. The zero-order valence-electron chi connectivity index (χ0n) is 13.9. The first-order valence-corrected chi connectivity index (χ1v) is 8.88. The highest BCUT2D eigenvalue weighted by molar-refractivity contribution is 4.97. The maximum Gasteiger partial charge on any atom is 0.0685 e. The molecule has 2 saturated heterocycles. The summed E-state index contributed by atoms with van der Waals surface area (Å²) in [7, 11) is 4.46. The van der Waals surface area contributed by atoms with E-state index in [1.807, 2.05) is 0 Å². The molecular weight excluding hydrogens is 262 g/mol. The van der Waals surface area contributed by atoms with E-state index < -0.39 is 0 Å². The van der Waals surface area contributed by atoms with Crippen LogP contribution in [0.15, 0.2) is 0 Å². The summed E-state index contributed by atoms with van der Waals surface area (Å²) >= 11 is 0. The summed E-state index contributed by atoms with van der Waals surface area (Å²) in [6.07, 6.45) is 8.94. The molecule has 3 rings (SSSR count). The molecule has 1 spiro atoms. The van der Waals surface area contributed by atoms with Gasteiger partial charge in [0.15, 0.2) is 0 Å². The maximum atomic E-state index is 6.74. The van der Waals surface area contributed by atoms with Gasteiger partial charge in [0.2, 0.25) is 0 Å². The molecule has 0 aromatic rings. The van der Waals surface area contributed by atoms with E-state index >= 15 is 0 Å². The molecule has 3 aliphatic rings. The molecule has 2 aliphatic heterocycles. The second-order valence-electron chi connectivity index (χ2n) is 7.73. The van der Waals surface area contributed by atoms with Gasteiger partial charge in [-0.1, -0.05) is 19.3 Å². The van der Waals surface area contributed by atoms with E-state index in [9.17, 15) is 0 Å². The van der Waals surface area contributed by atoms with E-state index in [0.29, 0.717) is 18.0 Å². The number of nitrogens with two attached hydrogens (primary N) is 1. The molecule has 0 bridgehead atoms. The molecule has 122 valence electrons. The summed E-state index contributed by atoms with van der Waals surface area (Å²) in [6, 6.07) is 0.799. The fraction of sp³-hybridized carbons (Fsp3) is 1.00. The molecule has 4 nitrogen and oxygen atoms in total. The van der Waals surface area contributed by atoms with E-state index in [1.165, 1.54) is 38.5 Å². The van der Waals surface area contributed by atoms with E-state index in [4.69, 9.17) is 10.5 Å². The Hall–Kier alpha value is -0.160. The normalized spacial score (nSPS) is 36.7. The first-order valence-electron chi connectivity index (χ1n) is 8.88. The van der Waals surface area contributed by atoms with Crippen molar-refractivity contribution in [1.29, 1.82) is 0 Å². The van der Waals surface area contributed by atoms with Crippen molar-refractivity contribution in [3.05, 3.63) is 0 Å². The minimum atomic E-state index is 0.178. The van der Waals surface area contributed by atoms with E-state index in [2.05, 4.69) is 23.9 Å². The Labute approximate surface area is 130 Å². The van der Waals surface area contributed by atoms with Gasteiger partial charge >= 0.3 is 0 Å². The number of piperazine rings is 1. The molecule has 1 aliphatic carbocycles. The summed E-state index contributed by atoms with van der Waals surface area (Å²) in [5.74, 6) is 0.635. The molecule has 3 atom stereocenters. The van der Waals surface area contributed by atoms with Crippen molar-refractivity contribution in [3.8, 4) is 0 Å². The van der Waals surface area contributed by atoms with Crippen LogP contribution in [0.1, 0.15) is 44.9 Å². The molecule has 4 heteroatoms. The maximum absolute atomic E-state index is 6.74. The highest BCUT2D eigenvalue weighted by Gasteiger charge is 2.42. The first-order chi connectivity index (χ1) is 10.1. The smallest absolute Gasteiger partial charge is 0.0685 e. The van der Waals surface area contributed by atoms with Gasteiger partial charge in [-0.05, 0) is 45.7 Å². The summed E-state index contributed by atoms with van der Waals surface area (Å²) in [6.45, 7) is 4.34. The number of hydrogen-bond acceptors (Lipinski definition) is 4. The van der Waals surface area contributed by atoms with Crippen LogP contribution in [0.2, 0.25) is 0 Å². The number of likely N-dealkylation sites (N-methyl/N-ethyl adjacent to an activating group) is 2. The van der Waals surface area contributed by atoms with E-state index in [0.717, 1.165) is 32.7 Å². The molecule has 1 saturated carbocycles. The van der Waals surface area contributed by atoms with Crippen molar-refractivity contribution >= 4 is 0 Å². The highest BCUT2D eigenvalue weighted by atomic mass is 16.5. The quantitative estimate of drug-likeness (QED) is 0.842. The number of ether oxygens (including phenoxy) is 1. The lowest BCUT2D eigenvalue weighted by Crippen LogP contribution is -2.61. The average molecular weight is 295 g/mol. The number of rotatable bonds is 2. The van der Waals surface area contributed by atoms with Crippen LogP contribution in [-0.2, 0) is 4.74 Å². The Morgan fingerprint density at radius 2 is 1.90 bits per heavy atom. The van der Waals surface area contributed by atoms with Gasteiger partial charge in [0.1, 0.15) is 0 Å². The van der Waals surface area contributed by atoms with Crippen LogP contribution >= 0.6 is 0 Å². The molecule has 0 amide bonds. The van der Waals surface area contributed by atoms with Gasteiger partial charge in [0.05, 0.1) is 5.60 Å². The van der Waals surface area contributed by atoms with Gasteiger partial charge < -0.3 is 15.4 Å². The summed E-state index contributed by atoms with van der Waals surface area (Å²) < 4.78 is 6.24. The van der Waals surface area contributed by atoms with E-state index in [1.54, 1.807) is 0 Å². The molecule has 21 heavy (non-hydrogen) atoms. The van der Waals surface area contributed by atoms with Gasteiger partial charge in [0, 0.05) is 38.3 Å². The van der Waals surface area contributed by atoms with Crippen LogP contribution < -0.4 is 5.73 Å². The lowest BCUT2D eigenvalue weighted by molar-refractivity contribution is -0.124.